The number of hydrogen-bond donors (Lipinski definition) is 1. The van der Waals surface area contributed by atoms with E-state index in [9.17, 15) is 0 Å². The third kappa shape index (κ3) is 2.99. The summed E-state index contributed by atoms with van der Waals surface area (Å²) in [6.45, 7) is 4.43. The summed E-state index contributed by atoms with van der Waals surface area (Å²) in [5.74, 6) is 0.525. The van der Waals surface area contributed by atoms with E-state index in [-0.39, 0.29) is 11.6 Å². The van der Waals surface area contributed by atoms with Gasteiger partial charge in [-0.2, -0.15) is 0 Å². The molecule has 106 valence electrons. The summed E-state index contributed by atoms with van der Waals surface area (Å²) >= 11 is 1.70. The van der Waals surface area contributed by atoms with Gasteiger partial charge >= 0.3 is 0 Å². The van der Waals surface area contributed by atoms with Crippen molar-refractivity contribution in [3.63, 3.8) is 0 Å². The number of nitrogens with two attached hydrogens (primary N) is 1. The highest BCUT2D eigenvalue weighted by Gasteiger charge is 2.42. The van der Waals surface area contributed by atoms with Gasteiger partial charge < -0.3 is 15.2 Å². The minimum Gasteiger partial charge on any atom is -0.378 e. The minimum atomic E-state index is -0.0431. The van der Waals surface area contributed by atoms with Gasteiger partial charge in [-0.3, -0.25) is 0 Å². The largest absolute Gasteiger partial charge is 0.378 e. The average molecular weight is 282 g/mol. The van der Waals surface area contributed by atoms with E-state index in [1.807, 2.05) is 6.92 Å². The van der Waals surface area contributed by atoms with Gasteiger partial charge in [0.25, 0.3) is 0 Å². The van der Waals surface area contributed by atoms with E-state index in [1.54, 1.807) is 11.3 Å². The molecule has 0 aliphatic carbocycles. The molecule has 2 N–H and O–H groups in total. The van der Waals surface area contributed by atoms with E-state index in [4.69, 9.17) is 15.2 Å². The third-order valence-electron chi connectivity index (χ3n) is 4.32. The van der Waals surface area contributed by atoms with Crippen LogP contribution in [0.1, 0.15) is 30.0 Å². The van der Waals surface area contributed by atoms with Crippen LogP contribution in [-0.2, 0) is 15.9 Å². The zero-order valence-electron chi connectivity index (χ0n) is 11.4. The fraction of sp³-hybridized carbons (Fsp3) is 0.786. The molecule has 3 unspecified atom stereocenters. The average Bonchev–Trinajstić information content (AvgIpc) is 3.00. The quantitative estimate of drug-likeness (QED) is 0.920. The SMILES string of the molecule is Cc1nc(CC(N)C2CCOC3(CCOC3)C2)cs1. The Labute approximate surface area is 118 Å². The molecule has 1 aromatic heterocycles. The molecule has 0 saturated carbocycles. The van der Waals surface area contributed by atoms with Crippen molar-refractivity contribution in [2.24, 2.45) is 11.7 Å². The first-order valence-electron chi connectivity index (χ1n) is 7.05. The predicted molar refractivity (Wildman–Crippen MR) is 75.4 cm³/mol. The van der Waals surface area contributed by atoms with Gasteiger partial charge in [-0.15, -0.1) is 11.3 Å². The highest BCUT2D eigenvalue weighted by atomic mass is 32.1. The molecule has 1 aromatic rings. The van der Waals surface area contributed by atoms with Crippen LogP contribution in [0.3, 0.4) is 0 Å². The minimum absolute atomic E-state index is 0.0431. The van der Waals surface area contributed by atoms with E-state index in [1.165, 1.54) is 0 Å². The van der Waals surface area contributed by atoms with Gasteiger partial charge in [0.2, 0.25) is 0 Å². The second-order valence-corrected chi connectivity index (χ2v) is 6.88. The highest BCUT2D eigenvalue weighted by Crippen LogP contribution is 2.37. The molecule has 2 saturated heterocycles. The van der Waals surface area contributed by atoms with Crippen LogP contribution in [0.25, 0.3) is 0 Å². The van der Waals surface area contributed by atoms with Crippen molar-refractivity contribution < 1.29 is 9.47 Å². The number of rotatable bonds is 3. The molecule has 0 radical (unpaired) electrons. The van der Waals surface area contributed by atoms with Crippen LogP contribution in [0.5, 0.6) is 0 Å². The number of thiazole rings is 1. The molecule has 0 bridgehead atoms. The van der Waals surface area contributed by atoms with E-state index in [0.717, 1.165) is 56.2 Å². The Bertz CT molecular complexity index is 429. The van der Waals surface area contributed by atoms with Crippen LogP contribution >= 0.6 is 11.3 Å². The van der Waals surface area contributed by atoms with Gasteiger partial charge in [-0.05, 0) is 25.7 Å². The Kier molecular flexibility index (Phi) is 3.89. The maximum absolute atomic E-state index is 6.41. The molecule has 2 aliphatic rings. The smallest absolute Gasteiger partial charge is 0.0939 e. The Morgan fingerprint density at radius 1 is 1.58 bits per heavy atom. The van der Waals surface area contributed by atoms with Gasteiger partial charge in [0, 0.05) is 37.5 Å². The topological polar surface area (TPSA) is 57.4 Å². The molecule has 19 heavy (non-hydrogen) atoms. The van der Waals surface area contributed by atoms with Crippen molar-refractivity contribution in [3.05, 3.63) is 16.1 Å². The highest BCUT2D eigenvalue weighted by molar-refractivity contribution is 7.09. The van der Waals surface area contributed by atoms with Crippen LogP contribution in [0.2, 0.25) is 0 Å². The molecule has 2 fully saturated rings. The zero-order valence-corrected chi connectivity index (χ0v) is 12.2. The molecule has 3 heterocycles. The monoisotopic (exact) mass is 282 g/mol. The number of nitrogens with zero attached hydrogens (tertiary/aromatic N) is 1. The zero-order chi connectivity index (χ0) is 13.3. The van der Waals surface area contributed by atoms with E-state index >= 15 is 0 Å². The van der Waals surface area contributed by atoms with Crippen LogP contribution in [0, 0.1) is 12.8 Å². The third-order valence-corrected chi connectivity index (χ3v) is 5.14. The fourth-order valence-corrected chi connectivity index (χ4v) is 3.83. The predicted octanol–water partition coefficient (Wildman–Crippen LogP) is 1.91. The number of aryl methyl sites for hydroxylation is 1. The Morgan fingerprint density at radius 2 is 2.47 bits per heavy atom. The van der Waals surface area contributed by atoms with E-state index < -0.39 is 0 Å². The van der Waals surface area contributed by atoms with Crippen molar-refractivity contribution >= 4 is 11.3 Å². The van der Waals surface area contributed by atoms with Gasteiger partial charge in [-0.1, -0.05) is 0 Å². The maximum atomic E-state index is 6.41. The molecule has 2 aliphatic heterocycles. The summed E-state index contributed by atoms with van der Waals surface area (Å²) in [6.07, 6.45) is 4.00. The molecule has 4 nitrogen and oxygen atoms in total. The second kappa shape index (κ2) is 5.48. The first-order chi connectivity index (χ1) is 9.17. The summed E-state index contributed by atoms with van der Waals surface area (Å²) in [4.78, 5) is 4.52. The lowest BCUT2D eigenvalue weighted by Crippen LogP contribution is -2.46. The lowest BCUT2D eigenvalue weighted by atomic mass is 9.80. The summed E-state index contributed by atoms with van der Waals surface area (Å²) in [5, 5.41) is 3.25. The van der Waals surface area contributed by atoms with Crippen molar-refractivity contribution in [3.8, 4) is 0 Å². The van der Waals surface area contributed by atoms with Gasteiger partial charge in [0.1, 0.15) is 0 Å². The van der Waals surface area contributed by atoms with E-state index in [2.05, 4.69) is 10.4 Å². The van der Waals surface area contributed by atoms with Crippen molar-refractivity contribution in [1.82, 2.24) is 4.98 Å². The molecule has 3 rings (SSSR count). The lowest BCUT2D eigenvalue weighted by Gasteiger charge is -2.39. The molecule has 5 heteroatoms. The second-order valence-electron chi connectivity index (χ2n) is 5.81. The normalized spacial score (nSPS) is 32.8. The standard InChI is InChI=1S/C14H22N2O2S/c1-10-16-12(8-19-10)6-13(15)11-2-4-18-14(7-11)3-5-17-9-14/h8,11,13H,2-7,9,15H2,1H3. The summed E-state index contributed by atoms with van der Waals surface area (Å²) in [6, 6.07) is 0.183. The Hall–Kier alpha value is -0.490. The number of ether oxygens (including phenoxy) is 2. The fourth-order valence-electron chi connectivity index (χ4n) is 3.20. The number of hydrogen-bond acceptors (Lipinski definition) is 5. The molecule has 1 spiro atoms. The van der Waals surface area contributed by atoms with Crippen molar-refractivity contribution in [2.45, 2.75) is 44.2 Å². The maximum Gasteiger partial charge on any atom is 0.0939 e. The van der Waals surface area contributed by atoms with Crippen molar-refractivity contribution in [1.29, 1.82) is 0 Å². The first-order valence-corrected chi connectivity index (χ1v) is 7.93. The van der Waals surface area contributed by atoms with E-state index in [0.29, 0.717) is 5.92 Å². The lowest BCUT2D eigenvalue weighted by molar-refractivity contribution is -0.101. The molecule has 0 aromatic carbocycles. The summed E-state index contributed by atoms with van der Waals surface area (Å²) in [5.41, 5.74) is 7.50. The number of aromatic nitrogens is 1. The summed E-state index contributed by atoms with van der Waals surface area (Å²) in [7, 11) is 0. The summed E-state index contributed by atoms with van der Waals surface area (Å²) < 4.78 is 11.5. The van der Waals surface area contributed by atoms with Gasteiger partial charge in [0.15, 0.2) is 0 Å². The van der Waals surface area contributed by atoms with Crippen LogP contribution < -0.4 is 5.73 Å². The Morgan fingerprint density at radius 3 is 3.16 bits per heavy atom. The van der Waals surface area contributed by atoms with Gasteiger partial charge in [-0.25, -0.2) is 4.98 Å². The van der Waals surface area contributed by atoms with Crippen LogP contribution in [-0.4, -0.2) is 36.4 Å². The molecule has 0 amide bonds. The van der Waals surface area contributed by atoms with Gasteiger partial charge in [0.05, 0.1) is 22.9 Å². The van der Waals surface area contributed by atoms with Crippen LogP contribution in [0.15, 0.2) is 5.38 Å². The molecule has 3 atom stereocenters. The first kappa shape index (κ1) is 13.5. The molecular formula is C14H22N2O2S. The Balaban J connectivity index is 1.61. The molecular weight excluding hydrogens is 260 g/mol. The van der Waals surface area contributed by atoms with Crippen LogP contribution in [0.4, 0.5) is 0 Å². The van der Waals surface area contributed by atoms with Crippen molar-refractivity contribution in [2.75, 3.05) is 19.8 Å².